The number of esters is 1. The molecule has 0 aliphatic carbocycles. The molecule has 1 fully saturated rings. The van der Waals surface area contributed by atoms with Gasteiger partial charge in [-0.3, -0.25) is 0 Å². The minimum atomic E-state index is -0.257. The Bertz CT molecular complexity index is 521. The summed E-state index contributed by atoms with van der Waals surface area (Å²) in [6.07, 6.45) is 1.74. The number of carbonyl (C=O) groups excluding carboxylic acids is 1. The van der Waals surface area contributed by atoms with Crippen molar-refractivity contribution in [2.24, 2.45) is 5.73 Å². The van der Waals surface area contributed by atoms with Crippen LogP contribution in [-0.2, 0) is 9.53 Å². The van der Waals surface area contributed by atoms with Crippen LogP contribution in [0.2, 0.25) is 0 Å². The summed E-state index contributed by atoms with van der Waals surface area (Å²) >= 11 is 8.52. The van der Waals surface area contributed by atoms with E-state index in [0.717, 1.165) is 35.1 Å². The number of ether oxygens (including phenoxy) is 1. The molecule has 1 aliphatic rings. The lowest BCUT2D eigenvalue weighted by Crippen LogP contribution is -2.38. The number of thiocarbonyl (C=S) groups is 1. The van der Waals surface area contributed by atoms with E-state index < -0.39 is 0 Å². The minimum absolute atomic E-state index is 0.216. The van der Waals surface area contributed by atoms with Crippen molar-refractivity contribution < 1.29 is 9.53 Å². The molecular weight excluding hydrogens is 328 g/mol. The molecule has 0 aromatic heterocycles. The first-order valence-electron chi connectivity index (χ1n) is 5.98. The Labute approximate surface area is 126 Å². The Kier molecular flexibility index (Phi) is 4.42. The van der Waals surface area contributed by atoms with Crippen LogP contribution in [0, 0.1) is 0 Å². The van der Waals surface area contributed by atoms with Gasteiger partial charge in [-0.1, -0.05) is 28.1 Å². The highest BCUT2D eigenvalue weighted by Gasteiger charge is 2.33. The van der Waals surface area contributed by atoms with Crippen molar-refractivity contribution in [1.82, 2.24) is 0 Å². The van der Waals surface area contributed by atoms with Crippen molar-refractivity contribution in [3.05, 3.63) is 28.2 Å². The highest BCUT2D eigenvalue weighted by atomic mass is 79.9. The summed E-state index contributed by atoms with van der Waals surface area (Å²) in [6, 6.07) is 5.44. The van der Waals surface area contributed by atoms with Crippen molar-refractivity contribution >= 4 is 44.8 Å². The van der Waals surface area contributed by atoms with Gasteiger partial charge in [0.25, 0.3) is 0 Å². The first-order chi connectivity index (χ1) is 9.04. The average Bonchev–Trinajstić information content (AvgIpc) is 2.86. The Morgan fingerprint density at radius 2 is 2.32 bits per heavy atom. The van der Waals surface area contributed by atoms with Crippen LogP contribution in [0.4, 0.5) is 5.69 Å². The number of hydrogen-bond acceptors (Lipinski definition) is 4. The summed E-state index contributed by atoms with van der Waals surface area (Å²) in [5.74, 6) is -0.216. The van der Waals surface area contributed by atoms with Gasteiger partial charge in [-0.15, -0.1) is 0 Å². The van der Waals surface area contributed by atoms with Gasteiger partial charge in [0.05, 0.1) is 7.11 Å². The average molecular weight is 343 g/mol. The van der Waals surface area contributed by atoms with Crippen LogP contribution in [-0.4, -0.2) is 30.7 Å². The van der Waals surface area contributed by atoms with E-state index in [1.165, 1.54) is 7.11 Å². The third-order valence-corrected chi connectivity index (χ3v) is 3.97. The van der Waals surface area contributed by atoms with Gasteiger partial charge < -0.3 is 15.4 Å². The standard InChI is InChI=1S/C13H15BrN2O2S/c1-18-13(17)10-3-2-6-16(10)11-7-8(14)4-5-9(11)12(15)19/h4-5,7,10H,2-3,6H2,1H3,(H2,15,19). The molecular formula is C13H15BrN2O2S. The fraction of sp³-hybridized carbons (Fsp3) is 0.385. The summed E-state index contributed by atoms with van der Waals surface area (Å²) in [7, 11) is 1.41. The van der Waals surface area contributed by atoms with Crippen LogP contribution in [0.1, 0.15) is 18.4 Å². The Morgan fingerprint density at radius 1 is 1.58 bits per heavy atom. The van der Waals surface area contributed by atoms with E-state index in [9.17, 15) is 4.79 Å². The zero-order valence-electron chi connectivity index (χ0n) is 10.6. The van der Waals surface area contributed by atoms with Crippen molar-refractivity contribution in [3.63, 3.8) is 0 Å². The Hall–Kier alpha value is -1.14. The fourth-order valence-electron chi connectivity index (χ4n) is 2.39. The van der Waals surface area contributed by atoms with Gasteiger partial charge in [0.2, 0.25) is 0 Å². The summed E-state index contributed by atoms with van der Waals surface area (Å²) in [6.45, 7) is 0.797. The number of rotatable bonds is 3. The number of methoxy groups -OCH3 is 1. The molecule has 1 aromatic carbocycles. The summed E-state index contributed by atoms with van der Waals surface area (Å²) in [5.41, 5.74) is 7.43. The zero-order valence-corrected chi connectivity index (χ0v) is 13.0. The maximum Gasteiger partial charge on any atom is 0.328 e. The predicted octanol–water partition coefficient (Wildman–Crippen LogP) is 2.23. The number of hydrogen-bond donors (Lipinski definition) is 1. The van der Waals surface area contributed by atoms with Crippen LogP contribution in [0.5, 0.6) is 0 Å². The Balaban J connectivity index is 2.42. The molecule has 1 aliphatic heterocycles. The zero-order chi connectivity index (χ0) is 14.0. The quantitative estimate of drug-likeness (QED) is 0.674. The van der Waals surface area contributed by atoms with Crippen molar-refractivity contribution in [1.29, 1.82) is 0 Å². The van der Waals surface area contributed by atoms with Crippen molar-refractivity contribution in [2.75, 3.05) is 18.6 Å². The van der Waals surface area contributed by atoms with E-state index >= 15 is 0 Å². The van der Waals surface area contributed by atoms with Gasteiger partial charge in [0.1, 0.15) is 11.0 Å². The molecule has 102 valence electrons. The first-order valence-corrected chi connectivity index (χ1v) is 7.18. The largest absolute Gasteiger partial charge is 0.467 e. The predicted molar refractivity (Wildman–Crippen MR) is 82.4 cm³/mol. The molecule has 0 saturated carbocycles. The first kappa shape index (κ1) is 14.3. The molecule has 1 aromatic rings. The van der Waals surface area contributed by atoms with Gasteiger partial charge in [-0.2, -0.15) is 0 Å². The Morgan fingerprint density at radius 3 is 2.95 bits per heavy atom. The van der Waals surface area contributed by atoms with Gasteiger partial charge in [-0.05, 0) is 31.0 Å². The SMILES string of the molecule is COC(=O)C1CCCN1c1cc(Br)ccc1C(N)=S. The number of halogens is 1. The van der Waals surface area contributed by atoms with Gasteiger partial charge in [0.15, 0.2) is 0 Å². The molecule has 1 heterocycles. The van der Waals surface area contributed by atoms with Crippen LogP contribution in [0.3, 0.4) is 0 Å². The molecule has 2 N–H and O–H groups in total. The maximum atomic E-state index is 11.8. The van der Waals surface area contributed by atoms with E-state index in [0.29, 0.717) is 4.99 Å². The van der Waals surface area contributed by atoms with Gasteiger partial charge >= 0.3 is 5.97 Å². The second-order valence-electron chi connectivity index (χ2n) is 4.40. The van der Waals surface area contributed by atoms with Crippen LogP contribution in [0.25, 0.3) is 0 Å². The molecule has 19 heavy (non-hydrogen) atoms. The monoisotopic (exact) mass is 342 g/mol. The molecule has 6 heteroatoms. The minimum Gasteiger partial charge on any atom is -0.467 e. The van der Waals surface area contributed by atoms with Crippen molar-refractivity contribution in [3.8, 4) is 0 Å². The molecule has 0 spiro atoms. The highest BCUT2D eigenvalue weighted by molar-refractivity contribution is 9.10. The van der Waals surface area contributed by atoms with E-state index in [-0.39, 0.29) is 12.0 Å². The van der Waals surface area contributed by atoms with Crippen LogP contribution in [0.15, 0.2) is 22.7 Å². The molecule has 1 unspecified atom stereocenters. The molecule has 4 nitrogen and oxygen atoms in total. The number of anilines is 1. The van der Waals surface area contributed by atoms with E-state index in [2.05, 4.69) is 15.9 Å². The summed E-state index contributed by atoms with van der Waals surface area (Å²) in [5, 5.41) is 0. The summed E-state index contributed by atoms with van der Waals surface area (Å²) < 4.78 is 5.79. The molecule has 1 atom stereocenters. The topological polar surface area (TPSA) is 55.6 Å². The lowest BCUT2D eigenvalue weighted by atomic mass is 10.1. The normalized spacial score (nSPS) is 18.4. The number of nitrogens with two attached hydrogens (primary N) is 1. The molecule has 2 rings (SSSR count). The third kappa shape index (κ3) is 2.90. The number of carbonyl (C=O) groups is 1. The van der Waals surface area contributed by atoms with Crippen LogP contribution >= 0.6 is 28.1 Å². The molecule has 0 bridgehead atoms. The third-order valence-electron chi connectivity index (χ3n) is 3.26. The lowest BCUT2D eigenvalue weighted by molar-refractivity contribution is -0.141. The number of nitrogens with zero attached hydrogens (tertiary/aromatic N) is 1. The van der Waals surface area contributed by atoms with E-state index in [1.807, 2.05) is 23.1 Å². The second-order valence-corrected chi connectivity index (χ2v) is 5.76. The summed E-state index contributed by atoms with van der Waals surface area (Å²) in [4.78, 5) is 14.2. The second kappa shape index (κ2) is 5.88. The maximum absolute atomic E-state index is 11.8. The van der Waals surface area contributed by atoms with Crippen LogP contribution < -0.4 is 10.6 Å². The van der Waals surface area contributed by atoms with Gasteiger partial charge in [-0.25, -0.2) is 4.79 Å². The smallest absolute Gasteiger partial charge is 0.328 e. The lowest BCUT2D eigenvalue weighted by Gasteiger charge is -2.27. The van der Waals surface area contributed by atoms with Crippen molar-refractivity contribution in [2.45, 2.75) is 18.9 Å². The molecule has 0 amide bonds. The number of benzene rings is 1. The molecule has 1 saturated heterocycles. The van der Waals surface area contributed by atoms with E-state index in [1.54, 1.807) is 0 Å². The van der Waals surface area contributed by atoms with E-state index in [4.69, 9.17) is 22.7 Å². The fourth-order valence-corrected chi connectivity index (χ4v) is 2.91. The molecule has 0 radical (unpaired) electrons. The highest BCUT2D eigenvalue weighted by Crippen LogP contribution is 2.31. The van der Waals surface area contributed by atoms with Gasteiger partial charge in [0, 0.05) is 22.3 Å².